The van der Waals surface area contributed by atoms with E-state index in [0.29, 0.717) is 0 Å². The predicted octanol–water partition coefficient (Wildman–Crippen LogP) is 4.23. The molecule has 0 amide bonds. The molecule has 3 rings (SSSR count). The number of aromatic nitrogens is 1. The van der Waals surface area contributed by atoms with Gasteiger partial charge in [0.05, 0.1) is 24.2 Å². The van der Waals surface area contributed by atoms with E-state index < -0.39 is 0 Å². The van der Waals surface area contributed by atoms with Crippen LogP contribution in [0.3, 0.4) is 0 Å². The smallest absolute Gasteiger partial charge is 0.128 e. The first-order chi connectivity index (χ1) is 10.4. The minimum absolute atomic E-state index is 0.197. The zero-order valence-electron chi connectivity index (χ0n) is 12.6. The molecular weight excluding hydrogens is 262 g/mol. The Morgan fingerprint density at radius 2 is 2.10 bits per heavy atom. The number of nitrogens with zero attached hydrogens (tertiary/aromatic N) is 2. The number of furan rings is 1. The van der Waals surface area contributed by atoms with E-state index in [4.69, 9.17) is 4.42 Å². The van der Waals surface area contributed by atoms with Crippen LogP contribution in [0.1, 0.15) is 44.4 Å². The Morgan fingerprint density at radius 3 is 2.71 bits per heavy atom. The molecule has 1 saturated heterocycles. The van der Waals surface area contributed by atoms with Crippen LogP contribution in [0.15, 0.2) is 41.1 Å². The highest BCUT2D eigenvalue weighted by Gasteiger charge is 2.14. The SMILES string of the molecule is CCC(Nc1ccc(N2CCCCC2)nc1)c1ccco1. The van der Waals surface area contributed by atoms with E-state index in [1.165, 1.54) is 19.3 Å². The maximum absolute atomic E-state index is 5.49. The van der Waals surface area contributed by atoms with Gasteiger partial charge >= 0.3 is 0 Å². The molecule has 1 aliphatic rings. The maximum atomic E-state index is 5.49. The third kappa shape index (κ3) is 3.38. The van der Waals surface area contributed by atoms with E-state index in [1.807, 2.05) is 18.3 Å². The summed E-state index contributed by atoms with van der Waals surface area (Å²) in [5, 5.41) is 3.49. The fourth-order valence-electron chi connectivity index (χ4n) is 2.85. The van der Waals surface area contributed by atoms with Crippen molar-refractivity contribution in [3.05, 3.63) is 42.5 Å². The second-order valence-corrected chi connectivity index (χ2v) is 5.57. The van der Waals surface area contributed by atoms with Crippen LogP contribution in [-0.2, 0) is 0 Å². The standard InChI is InChI=1S/C17H23N3O/c1-2-15(16-7-6-12-21-16)19-14-8-9-17(18-13-14)20-10-4-3-5-11-20/h6-9,12-13,15,19H,2-5,10-11H2,1H3. The first-order valence-electron chi connectivity index (χ1n) is 7.88. The van der Waals surface area contributed by atoms with Crippen molar-refractivity contribution in [1.29, 1.82) is 0 Å². The van der Waals surface area contributed by atoms with Crippen molar-refractivity contribution in [2.45, 2.75) is 38.6 Å². The summed E-state index contributed by atoms with van der Waals surface area (Å²) >= 11 is 0. The number of piperidine rings is 1. The van der Waals surface area contributed by atoms with Gasteiger partial charge in [0.2, 0.25) is 0 Å². The van der Waals surface area contributed by atoms with Crippen molar-refractivity contribution in [2.24, 2.45) is 0 Å². The monoisotopic (exact) mass is 285 g/mol. The van der Waals surface area contributed by atoms with Gasteiger partial charge in [0, 0.05) is 13.1 Å². The molecule has 0 spiro atoms. The summed E-state index contributed by atoms with van der Waals surface area (Å²) in [6, 6.07) is 8.36. The number of nitrogens with one attached hydrogen (secondary N) is 1. The van der Waals surface area contributed by atoms with Gasteiger partial charge in [0.15, 0.2) is 0 Å². The summed E-state index contributed by atoms with van der Waals surface area (Å²) in [6.45, 7) is 4.41. The molecule has 0 aromatic carbocycles. The highest BCUT2D eigenvalue weighted by molar-refractivity contribution is 5.49. The van der Waals surface area contributed by atoms with E-state index in [2.05, 4.69) is 34.3 Å². The summed E-state index contributed by atoms with van der Waals surface area (Å²) in [5.74, 6) is 2.06. The van der Waals surface area contributed by atoms with Crippen LogP contribution in [0.2, 0.25) is 0 Å². The first-order valence-corrected chi connectivity index (χ1v) is 7.88. The molecule has 0 aliphatic carbocycles. The molecule has 0 saturated carbocycles. The average Bonchev–Trinajstić information content (AvgIpc) is 3.08. The molecular formula is C17H23N3O. The summed E-state index contributed by atoms with van der Waals surface area (Å²) in [5.41, 5.74) is 1.04. The van der Waals surface area contributed by atoms with E-state index in [0.717, 1.165) is 36.8 Å². The van der Waals surface area contributed by atoms with Crippen LogP contribution in [-0.4, -0.2) is 18.1 Å². The zero-order chi connectivity index (χ0) is 14.5. The van der Waals surface area contributed by atoms with Crippen molar-refractivity contribution in [3.63, 3.8) is 0 Å². The highest BCUT2D eigenvalue weighted by Crippen LogP contribution is 2.24. The van der Waals surface area contributed by atoms with E-state index in [1.54, 1.807) is 6.26 Å². The molecule has 2 aromatic rings. The zero-order valence-corrected chi connectivity index (χ0v) is 12.6. The molecule has 1 fully saturated rings. The number of hydrogen-bond donors (Lipinski definition) is 1. The third-order valence-corrected chi connectivity index (χ3v) is 4.06. The Morgan fingerprint density at radius 1 is 1.24 bits per heavy atom. The normalized spacial score (nSPS) is 16.7. The van der Waals surface area contributed by atoms with Gasteiger partial charge in [-0.1, -0.05) is 6.92 Å². The van der Waals surface area contributed by atoms with Crippen LogP contribution in [0, 0.1) is 0 Å². The van der Waals surface area contributed by atoms with Crippen LogP contribution >= 0.6 is 0 Å². The topological polar surface area (TPSA) is 41.3 Å². The Kier molecular flexibility index (Phi) is 4.43. The van der Waals surface area contributed by atoms with Crippen LogP contribution in [0.5, 0.6) is 0 Å². The molecule has 1 unspecified atom stereocenters. The lowest BCUT2D eigenvalue weighted by Gasteiger charge is -2.27. The van der Waals surface area contributed by atoms with Gasteiger partial charge in [0.1, 0.15) is 11.6 Å². The van der Waals surface area contributed by atoms with E-state index >= 15 is 0 Å². The number of rotatable bonds is 5. The predicted molar refractivity (Wildman–Crippen MR) is 85.7 cm³/mol. The maximum Gasteiger partial charge on any atom is 0.128 e. The van der Waals surface area contributed by atoms with Gasteiger partial charge < -0.3 is 14.6 Å². The highest BCUT2D eigenvalue weighted by atomic mass is 16.3. The molecule has 1 N–H and O–H groups in total. The fraction of sp³-hybridized carbons (Fsp3) is 0.471. The van der Waals surface area contributed by atoms with Gasteiger partial charge in [-0.2, -0.15) is 0 Å². The van der Waals surface area contributed by atoms with Crippen LogP contribution in [0.25, 0.3) is 0 Å². The average molecular weight is 285 g/mol. The van der Waals surface area contributed by atoms with Crippen molar-refractivity contribution in [1.82, 2.24) is 4.98 Å². The summed E-state index contributed by atoms with van der Waals surface area (Å²) < 4.78 is 5.49. The number of anilines is 2. The van der Waals surface area contributed by atoms with Gasteiger partial charge in [-0.3, -0.25) is 0 Å². The molecule has 2 aromatic heterocycles. The number of hydrogen-bond acceptors (Lipinski definition) is 4. The summed E-state index contributed by atoms with van der Waals surface area (Å²) in [4.78, 5) is 6.98. The van der Waals surface area contributed by atoms with Crippen molar-refractivity contribution < 1.29 is 4.42 Å². The van der Waals surface area contributed by atoms with Crippen LogP contribution in [0.4, 0.5) is 11.5 Å². The molecule has 0 radical (unpaired) electrons. The fourth-order valence-corrected chi connectivity index (χ4v) is 2.85. The Labute approximate surface area is 126 Å². The molecule has 1 atom stereocenters. The Balaban J connectivity index is 1.66. The summed E-state index contributed by atoms with van der Waals surface area (Å²) in [6.07, 6.45) is 8.52. The molecule has 1 aliphatic heterocycles. The molecule has 4 heteroatoms. The van der Waals surface area contributed by atoms with E-state index in [9.17, 15) is 0 Å². The largest absolute Gasteiger partial charge is 0.467 e. The Bertz CT molecular complexity index is 530. The second-order valence-electron chi connectivity index (χ2n) is 5.57. The van der Waals surface area contributed by atoms with Gasteiger partial charge in [-0.15, -0.1) is 0 Å². The van der Waals surface area contributed by atoms with Gasteiger partial charge in [0.25, 0.3) is 0 Å². The van der Waals surface area contributed by atoms with E-state index in [-0.39, 0.29) is 6.04 Å². The van der Waals surface area contributed by atoms with Crippen LogP contribution < -0.4 is 10.2 Å². The Hall–Kier alpha value is -1.97. The quantitative estimate of drug-likeness (QED) is 0.892. The van der Waals surface area contributed by atoms with Crippen molar-refractivity contribution >= 4 is 11.5 Å². The molecule has 21 heavy (non-hydrogen) atoms. The lowest BCUT2D eigenvalue weighted by atomic mass is 10.1. The lowest BCUT2D eigenvalue weighted by Crippen LogP contribution is -2.30. The van der Waals surface area contributed by atoms with Crippen molar-refractivity contribution in [3.8, 4) is 0 Å². The lowest BCUT2D eigenvalue weighted by molar-refractivity contribution is 0.474. The van der Waals surface area contributed by atoms with Gasteiger partial charge in [-0.05, 0) is 49.9 Å². The summed E-state index contributed by atoms with van der Waals surface area (Å²) in [7, 11) is 0. The molecule has 3 heterocycles. The van der Waals surface area contributed by atoms with Gasteiger partial charge in [-0.25, -0.2) is 4.98 Å². The minimum Gasteiger partial charge on any atom is -0.467 e. The second kappa shape index (κ2) is 6.66. The first kappa shape index (κ1) is 14.0. The molecule has 0 bridgehead atoms. The minimum atomic E-state index is 0.197. The molecule has 112 valence electrons. The number of pyridine rings is 1. The third-order valence-electron chi connectivity index (χ3n) is 4.06. The van der Waals surface area contributed by atoms with Crippen molar-refractivity contribution in [2.75, 3.05) is 23.3 Å². The molecule has 4 nitrogen and oxygen atoms in total.